The Morgan fingerprint density at radius 3 is 2.64 bits per heavy atom. The smallest absolute Gasteiger partial charge is 0.0558 e. The third kappa shape index (κ3) is 3.36. The van der Waals surface area contributed by atoms with Crippen LogP contribution < -0.4 is 5.32 Å². The summed E-state index contributed by atoms with van der Waals surface area (Å²) in [6, 6.07) is 2.54. The van der Waals surface area contributed by atoms with Crippen LogP contribution in [0.2, 0.25) is 0 Å². The number of hydrogen-bond acceptors (Lipinski definition) is 2. The SMILES string of the molecule is Cc1ccncc1NC(C)CC(C)C. The van der Waals surface area contributed by atoms with Gasteiger partial charge in [-0.1, -0.05) is 13.8 Å². The molecule has 0 radical (unpaired) electrons. The molecule has 1 aromatic heterocycles. The van der Waals surface area contributed by atoms with E-state index in [1.807, 2.05) is 18.5 Å². The van der Waals surface area contributed by atoms with E-state index < -0.39 is 0 Å². The first-order chi connectivity index (χ1) is 6.59. The van der Waals surface area contributed by atoms with Gasteiger partial charge >= 0.3 is 0 Å². The van der Waals surface area contributed by atoms with E-state index in [2.05, 4.69) is 38.0 Å². The van der Waals surface area contributed by atoms with Crippen LogP contribution >= 0.6 is 0 Å². The molecule has 0 saturated carbocycles. The third-order valence-corrected chi connectivity index (χ3v) is 2.27. The lowest BCUT2D eigenvalue weighted by Gasteiger charge is -2.18. The van der Waals surface area contributed by atoms with Gasteiger partial charge in [-0.3, -0.25) is 4.98 Å². The fraction of sp³-hybridized carbons (Fsp3) is 0.583. The van der Waals surface area contributed by atoms with E-state index in [1.54, 1.807) is 0 Å². The van der Waals surface area contributed by atoms with Crippen molar-refractivity contribution in [2.45, 2.75) is 40.2 Å². The van der Waals surface area contributed by atoms with Crippen molar-refractivity contribution in [3.05, 3.63) is 24.0 Å². The van der Waals surface area contributed by atoms with Crippen LogP contribution in [-0.2, 0) is 0 Å². The molecular weight excluding hydrogens is 172 g/mol. The maximum atomic E-state index is 4.12. The van der Waals surface area contributed by atoms with Gasteiger partial charge in [0.15, 0.2) is 0 Å². The molecule has 1 unspecified atom stereocenters. The average Bonchev–Trinajstić information content (AvgIpc) is 2.07. The van der Waals surface area contributed by atoms with Crippen molar-refractivity contribution >= 4 is 5.69 Å². The monoisotopic (exact) mass is 192 g/mol. The highest BCUT2D eigenvalue weighted by Crippen LogP contribution is 2.15. The van der Waals surface area contributed by atoms with E-state index in [0.29, 0.717) is 6.04 Å². The van der Waals surface area contributed by atoms with Crippen molar-refractivity contribution in [2.24, 2.45) is 5.92 Å². The van der Waals surface area contributed by atoms with Crippen molar-refractivity contribution < 1.29 is 0 Å². The summed E-state index contributed by atoms with van der Waals surface area (Å²) in [4.78, 5) is 4.12. The second kappa shape index (κ2) is 4.99. The molecule has 1 rings (SSSR count). The number of aryl methyl sites for hydroxylation is 1. The Labute approximate surface area is 86.8 Å². The molecule has 0 amide bonds. The summed E-state index contributed by atoms with van der Waals surface area (Å²) in [5.74, 6) is 0.731. The molecule has 0 bridgehead atoms. The second-order valence-electron chi connectivity index (χ2n) is 4.37. The molecule has 14 heavy (non-hydrogen) atoms. The Kier molecular flexibility index (Phi) is 3.93. The zero-order chi connectivity index (χ0) is 10.6. The van der Waals surface area contributed by atoms with Gasteiger partial charge in [0.2, 0.25) is 0 Å². The predicted molar refractivity (Wildman–Crippen MR) is 61.5 cm³/mol. The normalized spacial score (nSPS) is 12.9. The van der Waals surface area contributed by atoms with Gasteiger partial charge in [-0.05, 0) is 37.8 Å². The zero-order valence-corrected chi connectivity index (χ0v) is 9.54. The van der Waals surface area contributed by atoms with Crippen molar-refractivity contribution in [1.82, 2.24) is 4.98 Å². The molecule has 0 saturated heterocycles. The third-order valence-electron chi connectivity index (χ3n) is 2.27. The Balaban J connectivity index is 2.56. The van der Waals surface area contributed by atoms with Gasteiger partial charge in [0.05, 0.1) is 11.9 Å². The molecule has 2 heteroatoms. The first-order valence-electron chi connectivity index (χ1n) is 5.26. The van der Waals surface area contributed by atoms with E-state index >= 15 is 0 Å². The number of pyridine rings is 1. The molecule has 2 nitrogen and oxygen atoms in total. The van der Waals surface area contributed by atoms with Gasteiger partial charge in [-0.15, -0.1) is 0 Å². The number of rotatable bonds is 4. The Morgan fingerprint density at radius 1 is 1.36 bits per heavy atom. The molecule has 78 valence electrons. The van der Waals surface area contributed by atoms with Crippen LogP contribution in [0.5, 0.6) is 0 Å². The van der Waals surface area contributed by atoms with Crippen molar-refractivity contribution in [3.63, 3.8) is 0 Å². The molecule has 0 aliphatic heterocycles. The molecule has 0 aliphatic carbocycles. The molecule has 0 fully saturated rings. The van der Waals surface area contributed by atoms with E-state index in [1.165, 1.54) is 12.0 Å². The second-order valence-corrected chi connectivity index (χ2v) is 4.37. The first kappa shape index (κ1) is 11.0. The fourth-order valence-electron chi connectivity index (χ4n) is 1.65. The first-order valence-corrected chi connectivity index (χ1v) is 5.26. The van der Waals surface area contributed by atoms with Gasteiger partial charge in [0, 0.05) is 12.2 Å². The lowest BCUT2D eigenvalue weighted by molar-refractivity contribution is 0.539. The van der Waals surface area contributed by atoms with Gasteiger partial charge in [-0.25, -0.2) is 0 Å². The predicted octanol–water partition coefficient (Wildman–Crippen LogP) is 3.24. The molecule has 0 spiro atoms. The minimum absolute atomic E-state index is 0.512. The molecule has 1 aromatic rings. The summed E-state index contributed by atoms with van der Waals surface area (Å²) in [5, 5.41) is 3.48. The van der Waals surface area contributed by atoms with E-state index in [0.717, 1.165) is 11.6 Å². The Morgan fingerprint density at radius 2 is 2.07 bits per heavy atom. The van der Waals surface area contributed by atoms with Crippen molar-refractivity contribution in [3.8, 4) is 0 Å². The van der Waals surface area contributed by atoms with Gasteiger partial charge in [0.25, 0.3) is 0 Å². The summed E-state index contributed by atoms with van der Waals surface area (Å²) in [5.41, 5.74) is 2.41. The number of nitrogens with one attached hydrogen (secondary N) is 1. The van der Waals surface area contributed by atoms with Gasteiger partial charge < -0.3 is 5.32 Å². The molecule has 0 aliphatic rings. The van der Waals surface area contributed by atoms with E-state index in [4.69, 9.17) is 0 Å². The van der Waals surface area contributed by atoms with Crippen molar-refractivity contribution in [2.75, 3.05) is 5.32 Å². The molecule has 1 atom stereocenters. The van der Waals surface area contributed by atoms with Crippen LogP contribution in [0.15, 0.2) is 18.5 Å². The van der Waals surface area contributed by atoms with Crippen LogP contribution in [0.4, 0.5) is 5.69 Å². The molecule has 1 N–H and O–H groups in total. The van der Waals surface area contributed by atoms with E-state index in [-0.39, 0.29) is 0 Å². The highest BCUT2D eigenvalue weighted by molar-refractivity contribution is 5.48. The molecular formula is C12H20N2. The maximum absolute atomic E-state index is 4.12. The highest BCUT2D eigenvalue weighted by atomic mass is 14.9. The van der Waals surface area contributed by atoms with Crippen LogP contribution in [0, 0.1) is 12.8 Å². The number of hydrogen-bond donors (Lipinski definition) is 1. The largest absolute Gasteiger partial charge is 0.381 e. The zero-order valence-electron chi connectivity index (χ0n) is 9.54. The number of anilines is 1. The quantitative estimate of drug-likeness (QED) is 0.792. The summed E-state index contributed by atoms with van der Waals surface area (Å²) in [6.45, 7) is 8.81. The van der Waals surface area contributed by atoms with Gasteiger partial charge in [0.1, 0.15) is 0 Å². The lowest BCUT2D eigenvalue weighted by Crippen LogP contribution is -2.18. The topological polar surface area (TPSA) is 24.9 Å². The Bertz CT molecular complexity index is 281. The Hall–Kier alpha value is -1.05. The summed E-state index contributed by atoms with van der Waals surface area (Å²) >= 11 is 0. The van der Waals surface area contributed by atoms with Gasteiger partial charge in [-0.2, -0.15) is 0 Å². The summed E-state index contributed by atoms with van der Waals surface area (Å²) in [6.07, 6.45) is 4.91. The maximum Gasteiger partial charge on any atom is 0.0558 e. The fourth-order valence-corrected chi connectivity index (χ4v) is 1.65. The summed E-state index contributed by atoms with van der Waals surface area (Å²) < 4.78 is 0. The van der Waals surface area contributed by atoms with E-state index in [9.17, 15) is 0 Å². The minimum Gasteiger partial charge on any atom is -0.381 e. The van der Waals surface area contributed by atoms with Crippen LogP contribution in [0.1, 0.15) is 32.8 Å². The number of aromatic nitrogens is 1. The van der Waals surface area contributed by atoms with Crippen LogP contribution in [0.3, 0.4) is 0 Å². The van der Waals surface area contributed by atoms with Crippen LogP contribution in [0.25, 0.3) is 0 Å². The minimum atomic E-state index is 0.512. The molecule has 1 heterocycles. The average molecular weight is 192 g/mol. The molecule has 0 aromatic carbocycles. The summed E-state index contributed by atoms with van der Waals surface area (Å²) in [7, 11) is 0. The van der Waals surface area contributed by atoms with Crippen LogP contribution in [-0.4, -0.2) is 11.0 Å². The lowest BCUT2D eigenvalue weighted by atomic mass is 10.0. The van der Waals surface area contributed by atoms with Crippen molar-refractivity contribution in [1.29, 1.82) is 0 Å². The highest BCUT2D eigenvalue weighted by Gasteiger charge is 2.05. The standard InChI is InChI=1S/C12H20N2/c1-9(2)7-11(4)14-12-8-13-6-5-10(12)3/h5-6,8-9,11,14H,7H2,1-4H3. The number of nitrogens with zero attached hydrogens (tertiary/aromatic N) is 1.